The lowest BCUT2D eigenvalue weighted by molar-refractivity contribution is -0.136. The van der Waals surface area contributed by atoms with Crippen LogP contribution < -0.4 is 0 Å². The molecule has 140 valence electrons. The van der Waals surface area contributed by atoms with Crippen molar-refractivity contribution in [2.45, 2.75) is 38.5 Å². The molecule has 1 aromatic rings. The molecule has 0 bridgehead atoms. The summed E-state index contributed by atoms with van der Waals surface area (Å²) < 4.78 is 27.4. The van der Waals surface area contributed by atoms with Gasteiger partial charge in [-0.15, -0.1) is 0 Å². The summed E-state index contributed by atoms with van der Waals surface area (Å²) >= 11 is 12.1. The Morgan fingerprint density at radius 3 is 2.48 bits per heavy atom. The maximum Gasteiger partial charge on any atom is 0.244 e. The number of benzene rings is 1. The molecule has 1 fully saturated rings. The van der Waals surface area contributed by atoms with Crippen LogP contribution in [0.25, 0.3) is 0 Å². The maximum absolute atomic E-state index is 13.0. The number of piperidine rings is 1. The van der Waals surface area contributed by atoms with Crippen molar-refractivity contribution >= 4 is 39.1 Å². The molecule has 8 heteroatoms. The number of aryl methyl sites for hydroxylation is 1. The molecule has 25 heavy (non-hydrogen) atoms. The standard InChI is InChI=1S/C17H24Cl2N2O3S/c1-4-20(5-2)17(22)13-7-6-8-21(11-13)25(23,24)16-9-12(3)14(18)10-15(16)19/h9-10,13H,4-8,11H2,1-3H3. The van der Waals surface area contributed by atoms with E-state index < -0.39 is 10.0 Å². The topological polar surface area (TPSA) is 57.7 Å². The van der Waals surface area contributed by atoms with Crippen molar-refractivity contribution in [3.05, 3.63) is 27.7 Å². The van der Waals surface area contributed by atoms with E-state index in [1.807, 2.05) is 13.8 Å². The molecule has 1 heterocycles. The molecule has 0 aromatic heterocycles. The Kier molecular flexibility index (Phi) is 6.76. The monoisotopic (exact) mass is 406 g/mol. The van der Waals surface area contributed by atoms with Crippen LogP contribution in [0, 0.1) is 12.8 Å². The third-order valence-electron chi connectivity index (χ3n) is 4.64. The van der Waals surface area contributed by atoms with Crippen molar-refractivity contribution in [2.24, 2.45) is 5.92 Å². The Hall–Kier alpha value is -0.820. The molecule has 1 aliphatic heterocycles. The minimum Gasteiger partial charge on any atom is -0.343 e. The second-order valence-corrected chi connectivity index (χ2v) is 8.97. The average Bonchev–Trinajstić information content (AvgIpc) is 2.59. The molecule has 1 aromatic carbocycles. The van der Waals surface area contributed by atoms with Crippen LogP contribution in [0.1, 0.15) is 32.3 Å². The van der Waals surface area contributed by atoms with Gasteiger partial charge in [0.1, 0.15) is 4.90 Å². The lowest BCUT2D eigenvalue weighted by atomic mass is 9.98. The minimum atomic E-state index is -3.77. The number of carbonyl (C=O) groups excluding carboxylic acids is 1. The van der Waals surface area contributed by atoms with E-state index in [4.69, 9.17) is 23.2 Å². The molecule has 1 aliphatic rings. The highest BCUT2D eigenvalue weighted by Gasteiger charge is 2.35. The zero-order valence-corrected chi connectivity index (χ0v) is 17.1. The van der Waals surface area contributed by atoms with Crippen LogP contribution in [0.3, 0.4) is 0 Å². The molecule has 0 saturated carbocycles. The number of sulfonamides is 1. The molecule has 5 nitrogen and oxygen atoms in total. The lowest BCUT2D eigenvalue weighted by Crippen LogP contribution is -2.46. The van der Waals surface area contributed by atoms with Gasteiger partial charge in [-0.2, -0.15) is 4.31 Å². The lowest BCUT2D eigenvalue weighted by Gasteiger charge is -2.34. The maximum atomic E-state index is 13.0. The van der Waals surface area contributed by atoms with Crippen LogP contribution >= 0.6 is 23.2 Å². The van der Waals surface area contributed by atoms with Gasteiger partial charge in [0.15, 0.2) is 0 Å². The Morgan fingerprint density at radius 2 is 1.88 bits per heavy atom. The van der Waals surface area contributed by atoms with Crippen molar-refractivity contribution in [1.82, 2.24) is 9.21 Å². The quantitative estimate of drug-likeness (QED) is 0.750. The first kappa shape index (κ1) is 20.5. The van der Waals surface area contributed by atoms with Gasteiger partial charge in [0.05, 0.1) is 10.9 Å². The summed E-state index contributed by atoms with van der Waals surface area (Å²) in [4.78, 5) is 14.4. The van der Waals surface area contributed by atoms with E-state index in [1.165, 1.54) is 16.4 Å². The zero-order valence-electron chi connectivity index (χ0n) is 14.8. The van der Waals surface area contributed by atoms with Crippen molar-refractivity contribution in [2.75, 3.05) is 26.2 Å². The van der Waals surface area contributed by atoms with Crippen LogP contribution in [-0.4, -0.2) is 49.7 Å². The van der Waals surface area contributed by atoms with E-state index >= 15 is 0 Å². The number of hydrogen-bond acceptors (Lipinski definition) is 3. The van der Waals surface area contributed by atoms with E-state index in [1.54, 1.807) is 11.8 Å². The summed E-state index contributed by atoms with van der Waals surface area (Å²) in [5.74, 6) is -0.293. The number of halogens is 2. The molecule has 1 unspecified atom stereocenters. The SMILES string of the molecule is CCN(CC)C(=O)C1CCCN(S(=O)(=O)c2cc(C)c(Cl)cc2Cl)C1. The minimum absolute atomic E-state index is 0.0169. The largest absolute Gasteiger partial charge is 0.343 e. The van der Waals surface area contributed by atoms with Crippen molar-refractivity contribution < 1.29 is 13.2 Å². The predicted molar refractivity (Wildman–Crippen MR) is 101 cm³/mol. The van der Waals surface area contributed by atoms with Gasteiger partial charge in [-0.05, 0) is 51.3 Å². The molecule has 2 rings (SSSR count). The molecule has 1 atom stereocenters. The highest BCUT2D eigenvalue weighted by Crippen LogP contribution is 2.32. The van der Waals surface area contributed by atoms with E-state index in [9.17, 15) is 13.2 Å². The molecule has 0 radical (unpaired) electrons. The second-order valence-electron chi connectivity index (χ2n) is 6.24. The van der Waals surface area contributed by atoms with Crippen LogP contribution in [0.4, 0.5) is 0 Å². The highest BCUT2D eigenvalue weighted by molar-refractivity contribution is 7.89. The fraction of sp³-hybridized carbons (Fsp3) is 0.588. The first-order valence-corrected chi connectivity index (χ1v) is 10.7. The summed E-state index contributed by atoms with van der Waals surface area (Å²) in [6, 6.07) is 2.95. The van der Waals surface area contributed by atoms with Gasteiger partial charge in [-0.1, -0.05) is 23.2 Å². The summed E-state index contributed by atoms with van der Waals surface area (Å²) in [6.45, 7) is 7.42. The fourth-order valence-electron chi connectivity index (χ4n) is 3.12. The van der Waals surface area contributed by atoms with E-state index in [0.717, 1.165) is 0 Å². The normalized spacial score (nSPS) is 19.0. The second kappa shape index (κ2) is 8.25. The van der Waals surface area contributed by atoms with Gasteiger partial charge < -0.3 is 4.90 Å². The van der Waals surface area contributed by atoms with Crippen LogP contribution in [-0.2, 0) is 14.8 Å². The van der Waals surface area contributed by atoms with Gasteiger partial charge in [0, 0.05) is 31.2 Å². The number of rotatable bonds is 5. The zero-order chi connectivity index (χ0) is 18.8. The molecular formula is C17H24Cl2N2O3S. The van der Waals surface area contributed by atoms with Gasteiger partial charge >= 0.3 is 0 Å². The van der Waals surface area contributed by atoms with Crippen LogP contribution in [0.2, 0.25) is 10.0 Å². The van der Waals surface area contributed by atoms with E-state index in [0.29, 0.717) is 43.1 Å². The summed E-state index contributed by atoms with van der Waals surface area (Å²) in [5, 5.41) is 0.532. The number of amides is 1. The number of nitrogens with zero attached hydrogens (tertiary/aromatic N) is 2. The Labute approximate surface area is 159 Å². The molecule has 0 spiro atoms. The van der Waals surface area contributed by atoms with Crippen molar-refractivity contribution in [3.63, 3.8) is 0 Å². The Bertz CT molecular complexity index is 749. The van der Waals surface area contributed by atoms with Crippen molar-refractivity contribution in [1.29, 1.82) is 0 Å². The third kappa shape index (κ3) is 4.30. The summed E-state index contributed by atoms with van der Waals surface area (Å²) in [5.41, 5.74) is 0.650. The number of hydrogen-bond donors (Lipinski definition) is 0. The van der Waals surface area contributed by atoms with Gasteiger partial charge in [-0.3, -0.25) is 4.79 Å². The third-order valence-corrected chi connectivity index (χ3v) is 7.38. The van der Waals surface area contributed by atoms with Crippen LogP contribution in [0.5, 0.6) is 0 Å². The predicted octanol–water partition coefficient (Wildman–Crippen LogP) is 3.57. The number of carbonyl (C=O) groups is 1. The molecule has 1 amide bonds. The Morgan fingerprint density at radius 1 is 1.24 bits per heavy atom. The summed E-state index contributed by atoms with van der Waals surface area (Å²) in [6.07, 6.45) is 1.36. The van der Waals surface area contributed by atoms with Gasteiger partial charge in [0.25, 0.3) is 0 Å². The first-order chi connectivity index (χ1) is 11.7. The van der Waals surface area contributed by atoms with Gasteiger partial charge in [-0.25, -0.2) is 8.42 Å². The van der Waals surface area contributed by atoms with Crippen LogP contribution in [0.15, 0.2) is 17.0 Å². The molecular weight excluding hydrogens is 383 g/mol. The fourth-order valence-corrected chi connectivity index (χ4v) is 5.45. The smallest absolute Gasteiger partial charge is 0.244 e. The molecule has 0 aliphatic carbocycles. The first-order valence-electron chi connectivity index (χ1n) is 8.46. The Balaban J connectivity index is 2.28. The molecule has 1 saturated heterocycles. The highest BCUT2D eigenvalue weighted by atomic mass is 35.5. The van der Waals surface area contributed by atoms with E-state index in [-0.39, 0.29) is 28.3 Å². The van der Waals surface area contributed by atoms with Gasteiger partial charge in [0.2, 0.25) is 15.9 Å². The average molecular weight is 407 g/mol. The molecule has 0 N–H and O–H groups in total. The van der Waals surface area contributed by atoms with Crippen molar-refractivity contribution in [3.8, 4) is 0 Å². The van der Waals surface area contributed by atoms with E-state index in [2.05, 4.69) is 0 Å². The summed E-state index contributed by atoms with van der Waals surface area (Å²) in [7, 11) is -3.77.